The number of carbonyl (C=O) groups is 1. The van der Waals surface area contributed by atoms with E-state index in [-0.39, 0.29) is 18.3 Å². The molecule has 0 bridgehead atoms. The van der Waals surface area contributed by atoms with Crippen LogP contribution in [0.1, 0.15) is 36.8 Å². The smallest absolute Gasteiger partial charge is 0.133 e. The van der Waals surface area contributed by atoms with Gasteiger partial charge in [-0.15, -0.1) is 0 Å². The fourth-order valence-electron chi connectivity index (χ4n) is 3.49. The number of hydrogen-bond acceptors (Lipinski definition) is 3. The summed E-state index contributed by atoms with van der Waals surface area (Å²) in [5.41, 5.74) is 0.789. The average Bonchev–Trinajstić information content (AvgIpc) is 2.63. The molecule has 3 rings (SSSR count). The molecule has 0 aromatic heterocycles. The molecule has 1 aliphatic rings. The van der Waals surface area contributed by atoms with Crippen LogP contribution in [0.2, 0.25) is 0 Å². The summed E-state index contributed by atoms with van der Waals surface area (Å²) in [5.74, 6) is 0.153. The number of rotatable bonds is 6. The minimum Gasteiger partial charge on any atom is -0.382 e. The monoisotopic (exact) mass is 324 g/mol. The van der Waals surface area contributed by atoms with Crippen molar-refractivity contribution in [2.75, 3.05) is 6.61 Å². The first-order chi connectivity index (χ1) is 11.7. The molecular weight excluding hydrogens is 300 g/mol. The highest BCUT2D eigenvalue weighted by Gasteiger charge is 2.41. The molecule has 2 atom stereocenters. The molecule has 2 unspecified atom stereocenters. The van der Waals surface area contributed by atoms with E-state index in [2.05, 4.69) is 0 Å². The fraction of sp³-hybridized carbons (Fsp3) is 0.381. The Morgan fingerprint density at radius 1 is 1.04 bits per heavy atom. The Morgan fingerprint density at radius 3 is 2.38 bits per heavy atom. The lowest BCUT2D eigenvalue weighted by atomic mass is 9.73. The molecule has 2 aromatic rings. The third kappa shape index (κ3) is 3.92. The Kier molecular flexibility index (Phi) is 5.44. The molecule has 3 nitrogen and oxygen atoms in total. The molecule has 24 heavy (non-hydrogen) atoms. The predicted molar refractivity (Wildman–Crippen MR) is 93.4 cm³/mol. The second-order valence-electron chi connectivity index (χ2n) is 6.60. The molecule has 1 aliphatic carbocycles. The molecule has 0 saturated heterocycles. The van der Waals surface area contributed by atoms with Crippen molar-refractivity contribution < 1.29 is 14.6 Å². The topological polar surface area (TPSA) is 46.5 Å². The summed E-state index contributed by atoms with van der Waals surface area (Å²) >= 11 is 0. The number of carbonyl (C=O) groups excluding carboxylic acids is 1. The Morgan fingerprint density at radius 2 is 1.71 bits per heavy atom. The van der Waals surface area contributed by atoms with Gasteiger partial charge in [0.25, 0.3) is 0 Å². The van der Waals surface area contributed by atoms with Crippen molar-refractivity contribution in [1.82, 2.24) is 0 Å². The van der Waals surface area contributed by atoms with Crippen LogP contribution < -0.4 is 0 Å². The first-order valence-electron chi connectivity index (χ1n) is 8.60. The molecule has 1 fully saturated rings. The predicted octanol–water partition coefficient (Wildman–Crippen LogP) is 3.85. The SMILES string of the molecule is O=C1CCCC(C(O)(COCc2ccccc2)c2ccccc2)C1. The van der Waals surface area contributed by atoms with Crippen molar-refractivity contribution in [1.29, 1.82) is 0 Å². The van der Waals surface area contributed by atoms with Crippen molar-refractivity contribution >= 4 is 5.78 Å². The Bertz CT molecular complexity index is 653. The number of aliphatic hydroxyl groups is 1. The quantitative estimate of drug-likeness (QED) is 0.878. The molecule has 0 heterocycles. The maximum atomic E-state index is 11.9. The lowest BCUT2D eigenvalue weighted by molar-refractivity contribution is -0.133. The summed E-state index contributed by atoms with van der Waals surface area (Å²) < 4.78 is 5.87. The van der Waals surface area contributed by atoms with Gasteiger partial charge in [-0.1, -0.05) is 60.7 Å². The Hall–Kier alpha value is -1.97. The van der Waals surface area contributed by atoms with Gasteiger partial charge in [-0.3, -0.25) is 4.79 Å². The zero-order valence-electron chi connectivity index (χ0n) is 13.9. The van der Waals surface area contributed by atoms with Gasteiger partial charge < -0.3 is 9.84 Å². The van der Waals surface area contributed by atoms with E-state index >= 15 is 0 Å². The minimum atomic E-state index is -1.12. The van der Waals surface area contributed by atoms with Crippen molar-refractivity contribution in [3.05, 3.63) is 71.8 Å². The molecule has 0 amide bonds. The third-order valence-electron chi connectivity index (χ3n) is 4.86. The van der Waals surface area contributed by atoms with Gasteiger partial charge >= 0.3 is 0 Å². The van der Waals surface area contributed by atoms with Gasteiger partial charge in [0.2, 0.25) is 0 Å². The van der Waals surface area contributed by atoms with E-state index in [1.54, 1.807) is 0 Å². The second-order valence-corrected chi connectivity index (χ2v) is 6.60. The fourth-order valence-corrected chi connectivity index (χ4v) is 3.49. The zero-order valence-corrected chi connectivity index (χ0v) is 13.9. The molecule has 1 saturated carbocycles. The standard InChI is InChI=1S/C21H24O3/c22-20-13-7-12-19(14-20)21(23,18-10-5-2-6-11-18)16-24-15-17-8-3-1-4-9-17/h1-6,8-11,19,23H,7,12-16H2. The van der Waals surface area contributed by atoms with Crippen molar-refractivity contribution in [2.45, 2.75) is 37.9 Å². The van der Waals surface area contributed by atoms with E-state index in [0.29, 0.717) is 19.4 Å². The van der Waals surface area contributed by atoms with Gasteiger partial charge in [-0.2, -0.15) is 0 Å². The van der Waals surface area contributed by atoms with E-state index in [0.717, 1.165) is 24.0 Å². The van der Waals surface area contributed by atoms with Gasteiger partial charge in [0.1, 0.15) is 11.4 Å². The lowest BCUT2D eigenvalue weighted by Gasteiger charge is -2.38. The van der Waals surface area contributed by atoms with Gasteiger partial charge in [-0.25, -0.2) is 0 Å². The highest BCUT2D eigenvalue weighted by atomic mass is 16.5. The second kappa shape index (κ2) is 7.73. The van der Waals surface area contributed by atoms with Crippen LogP contribution >= 0.6 is 0 Å². The summed E-state index contributed by atoms with van der Waals surface area (Å²) in [6, 6.07) is 19.5. The van der Waals surface area contributed by atoms with E-state index in [1.807, 2.05) is 60.7 Å². The first kappa shape index (κ1) is 16.9. The Balaban J connectivity index is 1.75. The summed E-state index contributed by atoms with van der Waals surface area (Å²) in [5, 5.41) is 11.4. The molecule has 0 aliphatic heterocycles. The summed E-state index contributed by atoms with van der Waals surface area (Å²) in [6.45, 7) is 0.653. The van der Waals surface area contributed by atoms with Crippen LogP contribution in [0, 0.1) is 5.92 Å². The number of ketones is 1. The summed E-state index contributed by atoms with van der Waals surface area (Å²) in [4.78, 5) is 11.9. The lowest BCUT2D eigenvalue weighted by Crippen LogP contribution is -2.42. The van der Waals surface area contributed by atoms with E-state index in [4.69, 9.17) is 4.74 Å². The molecule has 126 valence electrons. The van der Waals surface area contributed by atoms with Gasteiger partial charge in [0, 0.05) is 18.8 Å². The van der Waals surface area contributed by atoms with E-state index < -0.39 is 5.60 Å². The van der Waals surface area contributed by atoms with Gasteiger partial charge in [0.15, 0.2) is 0 Å². The van der Waals surface area contributed by atoms with Crippen LogP contribution in [0.25, 0.3) is 0 Å². The Labute approximate surface area is 143 Å². The normalized spacial score (nSPS) is 20.5. The van der Waals surface area contributed by atoms with Crippen LogP contribution in [-0.2, 0) is 21.7 Å². The van der Waals surface area contributed by atoms with Gasteiger partial charge in [0.05, 0.1) is 13.2 Å². The zero-order chi connectivity index (χ0) is 16.8. The number of benzene rings is 2. The van der Waals surface area contributed by atoms with E-state index in [1.165, 1.54) is 0 Å². The average molecular weight is 324 g/mol. The molecular formula is C21H24O3. The number of hydrogen-bond donors (Lipinski definition) is 1. The van der Waals surface area contributed by atoms with Crippen LogP contribution in [0.15, 0.2) is 60.7 Å². The molecule has 0 spiro atoms. The third-order valence-corrected chi connectivity index (χ3v) is 4.86. The van der Waals surface area contributed by atoms with Crippen LogP contribution in [0.4, 0.5) is 0 Å². The van der Waals surface area contributed by atoms with Gasteiger partial charge in [-0.05, 0) is 24.0 Å². The van der Waals surface area contributed by atoms with Crippen LogP contribution in [0.3, 0.4) is 0 Å². The molecule has 3 heteroatoms. The highest BCUT2D eigenvalue weighted by molar-refractivity contribution is 5.79. The highest BCUT2D eigenvalue weighted by Crippen LogP contribution is 2.38. The van der Waals surface area contributed by atoms with Crippen molar-refractivity contribution in [2.24, 2.45) is 5.92 Å². The largest absolute Gasteiger partial charge is 0.382 e. The van der Waals surface area contributed by atoms with E-state index in [9.17, 15) is 9.90 Å². The van der Waals surface area contributed by atoms with Crippen LogP contribution in [-0.4, -0.2) is 17.5 Å². The van der Waals surface area contributed by atoms with Crippen LogP contribution in [0.5, 0.6) is 0 Å². The molecule has 1 N–H and O–H groups in total. The minimum absolute atomic E-state index is 0.0862. The molecule has 2 aromatic carbocycles. The number of Topliss-reactive ketones (excluding diaryl/α,β-unsaturated/α-hetero) is 1. The van der Waals surface area contributed by atoms with Crippen molar-refractivity contribution in [3.63, 3.8) is 0 Å². The summed E-state index contributed by atoms with van der Waals surface area (Å²) in [6.07, 6.45) is 2.76. The summed E-state index contributed by atoms with van der Waals surface area (Å²) in [7, 11) is 0. The first-order valence-corrected chi connectivity index (χ1v) is 8.60. The van der Waals surface area contributed by atoms with Crippen molar-refractivity contribution in [3.8, 4) is 0 Å². The maximum Gasteiger partial charge on any atom is 0.133 e. The maximum absolute atomic E-state index is 11.9. The molecule has 0 radical (unpaired) electrons. The number of ether oxygens (including phenoxy) is 1.